The molecule has 5 heteroatoms. The van der Waals surface area contributed by atoms with Crippen LogP contribution in [-0.2, 0) is 0 Å². The topological polar surface area (TPSA) is 35.8 Å². The van der Waals surface area contributed by atoms with Crippen LogP contribution in [0.5, 0.6) is 0 Å². The Balaban J connectivity index is 2.40. The summed E-state index contributed by atoms with van der Waals surface area (Å²) in [5.74, 6) is -1.35. The fraction of sp³-hybridized carbons (Fsp3) is 0. The lowest BCUT2D eigenvalue weighted by molar-refractivity contribution is 0.586. The van der Waals surface area contributed by atoms with Crippen molar-refractivity contribution in [3.63, 3.8) is 0 Å². The van der Waals surface area contributed by atoms with Crippen LogP contribution in [0.1, 0.15) is 5.56 Å². The van der Waals surface area contributed by atoms with Crippen molar-refractivity contribution in [1.29, 1.82) is 5.26 Å². The van der Waals surface area contributed by atoms with E-state index in [0.717, 1.165) is 16.6 Å². The molecule has 0 heterocycles. The molecular weight excluding hydrogens is 302 g/mol. The van der Waals surface area contributed by atoms with Crippen LogP contribution in [-0.4, -0.2) is 0 Å². The van der Waals surface area contributed by atoms with Gasteiger partial charge in [-0.3, -0.25) is 0 Å². The van der Waals surface area contributed by atoms with Gasteiger partial charge in [-0.2, -0.15) is 5.26 Å². The highest BCUT2D eigenvalue weighted by atomic mass is 79.9. The zero-order chi connectivity index (χ0) is 13.1. The molecule has 0 amide bonds. The number of hydrogen-bond donors (Lipinski definition) is 1. The Morgan fingerprint density at radius 1 is 1.06 bits per heavy atom. The summed E-state index contributed by atoms with van der Waals surface area (Å²) in [5, 5.41) is 11.7. The lowest BCUT2D eigenvalue weighted by Crippen LogP contribution is -1.97. The molecule has 0 spiro atoms. The molecule has 0 fully saturated rings. The third-order valence-corrected chi connectivity index (χ3v) is 2.80. The molecule has 0 aliphatic carbocycles. The second-order valence-electron chi connectivity index (χ2n) is 3.55. The normalized spacial score (nSPS) is 9.89. The van der Waals surface area contributed by atoms with Gasteiger partial charge in [0.2, 0.25) is 0 Å². The number of anilines is 2. The van der Waals surface area contributed by atoms with Gasteiger partial charge in [0.15, 0.2) is 0 Å². The average molecular weight is 309 g/mol. The predicted molar refractivity (Wildman–Crippen MR) is 68.5 cm³/mol. The second kappa shape index (κ2) is 5.15. The van der Waals surface area contributed by atoms with Crippen LogP contribution in [0, 0.1) is 23.0 Å². The van der Waals surface area contributed by atoms with Gasteiger partial charge < -0.3 is 5.32 Å². The van der Waals surface area contributed by atoms with Crippen LogP contribution < -0.4 is 5.32 Å². The molecular formula is C13H7BrF2N2. The van der Waals surface area contributed by atoms with Gasteiger partial charge in [0.1, 0.15) is 17.7 Å². The van der Waals surface area contributed by atoms with Gasteiger partial charge in [0.05, 0.1) is 16.9 Å². The SMILES string of the molecule is N#Cc1ccc(Br)cc1Nc1ccc(F)cc1F. The molecule has 0 radical (unpaired) electrons. The maximum Gasteiger partial charge on any atom is 0.149 e. The number of halogens is 3. The van der Waals surface area contributed by atoms with E-state index in [9.17, 15) is 8.78 Å². The van der Waals surface area contributed by atoms with E-state index in [1.165, 1.54) is 6.07 Å². The van der Waals surface area contributed by atoms with Crippen molar-refractivity contribution in [3.8, 4) is 6.07 Å². The Hall–Kier alpha value is -1.93. The summed E-state index contributed by atoms with van der Waals surface area (Å²) in [6, 6.07) is 10.2. The second-order valence-corrected chi connectivity index (χ2v) is 4.47. The van der Waals surface area contributed by atoms with Crippen molar-refractivity contribution in [2.45, 2.75) is 0 Å². The summed E-state index contributed by atoms with van der Waals surface area (Å²) >= 11 is 3.27. The Morgan fingerprint density at radius 3 is 2.50 bits per heavy atom. The molecule has 0 aliphatic heterocycles. The summed E-state index contributed by atoms with van der Waals surface area (Å²) in [7, 11) is 0. The highest BCUT2D eigenvalue weighted by Crippen LogP contribution is 2.26. The molecule has 2 rings (SSSR count). The molecule has 0 atom stereocenters. The maximum absolute atomic E-state index is 13.5. The van der Waals surface area contributed by atoms with Gasteiger partial charge in [-0.1, -0.05) is 15.9 Å². The minimum absolute atomic E-state index is 0.117. The molecule has 0 unspecified atom stereocenters. The number of benzene rings is 2. The minimum atomic E-state index is -0.709. The molecule has 0 aliphatic rings. The van der Waals surface area contributed by atoms with E-state index in [-0.39, 0.29) is 5.69 Å². The van der Waals surface area contributed by atoms with Crippen molar-refractivity contribution in [3.05, 3.63) is 58.1 Å². The Morgan fingerprint density at radius 2 is 1.83 bits per heavy atom. The molecule has 0 aromatic heterocycles. The van der Waals surface area contributed by atoms with Crippen LogP contribution in [0.4, 0.5) is 20.2 Å². The van der Waals surface area contributed by atoms with Crippen LogP contribution in [0.25, 0.3) is 0 Å². The molecule has 0 bridgehead atoms. The molecule has 18 heavy (non-hydrogen) atoms. The van der Waals surface area contributed by atoms with Gasteiger partial charge >= 0.3 is 0 Å². The van der Waals surface area contributed by atoms with E-state index >= 15 is 0 Å². The van der Waals surface area contributed by atoms with Crippen molar-refractivity contribution < 1.29 is 8.78 Å². The van der Waals surface area contributed by atoms with Gasteiger partial charge in [-0.15, -0.1) is 0 Å². The summed E-state index contributed by atoms with van der Waals surface area (Å²) in [6.07, 6.45) is 0. The monoisotopic (exact) mass is 308 g/mol. The van der Waals surface area contributed by atoms with Crippen molar-refractivity contribution in [2.24, 2.45) is 0 Å². The Labute approximate surface area is 111 Å². The van der Waals surface area contributed by atoms with E-state index in [0.29, 0.717) is 11.3 Å². The lowest BCUT2D eigenvalue weighted by Gasteiger charge is -2.09. The van der Waals surface area contributed by atoms with Crippen LogP contribution in [0.3, 0.4) is 0 Å². The van der Waals surface area contributed by atoms with Crippen LogP contribution >= 0.6 is 15.9 Å². The molecule has 1 N–H and O–H groups in total. The molecule has 2 aromatic rings. The van der Waals surface area contributed by atoms with E-state index < -0.39 is 11.6 Å². The predicted octanol–water partition coefficient (Wildman–Crippen LogP) is 4.34. The molecule has 2 aromatic carbocycles. The van der Waals surface area contributed by atoms with Gasteiger partial charge in [0.25, 0.3) is 0 Å². The number of hydrogen-bond acceptors (Lipinski definition) is 2. The van der Waals surface area contributed by atoms with Gasteiger partial charge in [-0.25, -0.2) is 8.78 Å². The highest BCUT2D eigenvalue weighted by molar-refractivity contribution is 9.10. The zero-order valence-corrected chi connectivity index (χ0v) is 10.6. The largest absolute Gasteiger partial charge is 0.352 e. The van der Waals surface area contributed by atoms with Gasteiger partial charge in [0, 0.05) is 10.5 Å². The van der Waals surface area contributed by atoms with E-state index in [2.05, 4.69) is 21.2 Å². The number of nitriles is 1. The first-order chi connectivity index (χ1) is 8.60. The smallest absolute Gasteiger partial charge is 0.149 e. The summed E-state index contributed by atoms with van der Waals surface area (Å²) in [4.78, 5) is 0. The molecule has 0 saturated heterocycles. The summed E-state index contributed by atoms with van der Waals surface area (Å²) in [5.41, 5.74) is 0.949. The van der Waals surface area contributed by atoms with Gasteiger partial charge in [-0.05, 0) is 30.3 Å². The highest BCUT2D eigenvalue weighted by Gasteiger charge is 2.07. The Bertz CT molecular complexity index is 635. The van der Waals surface area contributed by atoms with Crippen molar-refractivity contribution >= 4 is 27.3 Å². The number of nitrogens with one attached hydrogen (secondary N) is 1. The lowest BCUT2D eigenvalue weighted by atomic mass is 10.2. The summed E-state index contributed by atoms with van der Waals surface area (Å²) in [6.45, 7) is 0. The van der Waals surface area contributed by atoms with Crippen LogP contribution in [0.2, 0.25) is 0 Å². The summed E-state index contributed by atoms with van der Waals surface area (Å²) < 4.78 is 27.0. The molecule has 90 valence electrons. The van der Waals surface area contributed by atoms with E-state index in [1.54, 1.807) is 18.2 Å². The number of rotatable bonds is 2. The maximum atomic E-state index is 13.5. The fourth-order valence-corrected chi connectivity index (χ4v) is 1.81. The molecule has 0 saturated carbocycles. The minimum Gasteiger partial charge on any atom is -0.352 e. The third kappa shape index (κ3) is 2.66. The third-order valence-electron chi connectivity index (χ3n) is 2.30. The first kappa shape index (κ1) is 12.5. The zero-order valence-electron chi connectivity index (χ0n) is 9.05. The standard InChI is InChI=1S/C13H7BrF2N2/c14-9-2-1-8(7-17)13(5-9)18-12-4-3-10(15)6-11(12)16/h1-6,18H. The van der Waals surface area contributed by atoms with E-state index in [1.807, 2.05) is 6.07 Å². The first-order valence-corrected chi connectivity index (χ1v) is 5.81. The van der Waals surface area contributed by atoms with E-state index in [4.69, 9.17) is 5.26 Å². The van der Waals surface area contributed by atoms with Crippen LogP contribution in [0.15, 0.2) is 40.9 Å². The average Bonchev–Trinajstić information content (AvgIpc) is 2.33. The Kier molecular flexibility index (Phi) is 3.58. The first-order valence-electron chi connectivity index (χ1n) is 5.02. The van der Waals surface area contributed by atoms with Crippen molar-refractivity contribution in [2.75, 3.05) is 5.32 Å². The quantitative estimate of drug-likeness (QED) is 0.895. The molecule has 2 nitrogen and oxygen atoms in total. The fourth-order valence-electron chi connectivity index (χ4n) is 1.45. The number of nitrogens with zero attached hydrogens (tertiary/aromatic N) is 1. The van der Waals surface area contributed by atoms with Crippen molar-refractivity contribution in [1.82, 2.24) is 0 Å².